The van der Waals surface area contributed by atoms with Crippen molar-refractivity contribution in [2.75, 3.05) is 6.61 Å². The number of fused-ring (bicyclic) bond motifs is 7. The van der Waals surface area contributed by atoms with Crippen molar-refractivity contribution in [2.45, 2.75) is 119 Å². The standard InChI is InChI=1S/C25H42O.C3H6.C2H6/c1-23(2)12-5-13-24(3)20-9-7-19-17(18(20)8-10-22(23)24)11-15-25(16-26)14-4-6-21(19)25;1-3-2;1-2/h17-22,26H,4-16H2,1-3H3;3H,1H2,2H3;1-2H3. The molecule has 1 N–H and O–H groups in total. The van der Waals surface area contributed by atoms with Crippen LogP contribution in [-0.4, -0.2) is 11.7 Å². The van der Waals surface area contributed by atoms with Gasteiger partial charge in [0.05, 0.1) is 0 Å². The maximum Gasteiger partial charge on any atom is 0.0490 e. The Bertz CT molecular complexity index is 593. The summed E-state index contributed by atoms with van der Waals surface area (Å²) < 4.78 is 0. The number of allylic oxidation sites excluding steroid dienone is 1. The lowest BCUT2D eigenvalue weighted by Gasteiger charge is -2.64. The lowest BCUT2D eigenvalue weighted by atomic mass is 9.41. The summed E-state index contributed by atoms with van der Waals surface area (Å²) in [6.07, 6.45) is 19.1. The molecule has 0 spiro atoms. The average molecular weight is 431 g/mol. The molecule has 0 aromatic heterocycles. The molecule has 0 amide bonds. The van der Waals surface area contributed by atoms with E-state index < -0.39 is 0 Å². The van der Waals surface area contributed by atoms with Crippen LogP contribution < -0.4 is 0 Å². The zero-order chi connectivity index (χ0) is 22.9. The van der Waals surface area contributed by atoms with Crippen LogP contribution in [0.1, 0.15) is 119 Å². The summed E-state index contributed by atoms with van der Waals surface area (Å²) in [5, 5.41) is 10.2. The number of aliphatic hydroxyl groups is 1. The highest BCUT2D eigenvalue weighted by molar-refractivity contribution is 5.10. The van der Waals surface area contributed by atoms with Crippen LogP contribution in [0.4, 0.5) is 0 Å². The Kier molecular flexibility index (Phi) is 8.09. The molecule has 8 atom stereocenters. The second-order valence-electron chi connectivity index (χ2n) is 12.6. The lowest BCUT2D eigenvalue weighted by molar-refractivity contribution is -0.155. The van der Waals surface area contributed by atoms with Crippen molar-refractivity contribution in [3.63, 3.8) is 0 Å². The molecule has 31 heavy (non-hydrogen) atoms. The van der Waals surface area contributed by atoms with E-state index in [9.17, 15) is 5.11 Å². The third-order valence-electron chi connectivity index (χ3n) is 11.1. The first-order valence-corrected chi connectivity index (χ1v) is 14.0. The zero-order valence-electron chi connectivity index (χ0n) is 21.9. The fraction of sp³-hybridized carbons (Fsp3) is 0.933. The summed E-state index contributed by atoms with van der Waals surface area (Å²) in [4.78, 5) is 0. The minimum absolute atomic E-state index is 0.335. The molecule has 0 saturated heterocycles. The van der Waals surface area contributed by atoms with E-state index in [-0.39, 0.29) is 0 Å². The smallest absolute Gasteiger partial charge is 0.0490 e. The van der Waals surface area contributed by atoms with E-state index in [1.807, 2.05) is 20.8 Å². The predicted molar refractivity (Wildman–Crippen MR) is 135 cm³/mol. The number of rotatable bonds is 1. The molecule has 0 radical (unpaired) electrons. The van der Waals surface area contributed by atoms with Crippen LogP contribution in [0.25, 0.3) is 0 Å². The first kappa shape index (κ1) is 25.3. The quantitative estimate of drug-likeness (QED) is 0.412. The Labute approximate surface area is 194 Å². The van der Waals surface area contributed by atoms with E-state index in [0.29, 0.717) is 22.9 Å². The van der Waals surface area contributed by atoms with Crippen LogP contribution in [0.15, 0.2) is 12.7 Å². The van der Waals surface area contributed by atoms with Crippen molar-refractivity contribution >= 4 is 0 Å². The maximum absolute atomic E-state index is 10.2. The second-order valence-corrected chi connectivity index (χ2v) is 12.6. The summed E-state index contributed by atoms with van der Waals surface area (Å²) in [7, 11) is 0. The van der Waals surface area contributed by atoms with Crippen LogP contribution in [0, 0.1) is 51.8 Å². The van der Waals surface area contributed by atoms with Gasteiger partial charge in [-0.2, -0.15) is 0 Å². The highest BCUT2D eigenvalue weighted by Gasteiger charge is 2.60. The fourth-order valence-corrected chi connectivity index (χ4v) is 10.1. The van der Waals surface area contributed by atoms with Gasteiger partial charge >= 0.3 is 0 Å². The SMILES string of the molecule is C=CC.CC.CC1(C)CCCC2(C)C3CCC4C(CCC5(CO)CCCC45)C3CCC12. The average Bonchev–Trinajstić information content (AvgIpc) is 3.20. The number of aliphatic hydroxyl groups excluding tert-OH is 1. The molecule has 5 rings (SSSR count). The fourth-order valence-electron chi connectivity index (χ4n) is 10.1. The molecule has 5 aliphatic rings. The van der Waals surface area contributed by atoms with E-state index in [0.717, 1.165) is 35.5 Å². The molecule has 5 saturated carbocycles. The molecular formula is C30H54O. The topological polar surface area (TPSA) is 20.2 Å². The summed E-state index contributed by atoms with van der Waals surface area (Å²) >= 11 is 0. The Morgan fingerprint density at radius 2 is 1.42 bits per heavy atom. The second kappa shape index (κ2) is 9.90. The van der Waals surface area contributed by atoms with Gasteiger partial charge in [-0.05, 0) is 123 Å². The van der Waals surface area contributed by atoms with Crippen molar-refractivity contribution in [3.8, 4) is 0 Å². The van der Waals surface area contributed by atoms with Crippen molar-refractivity contribution in [2.24, 2.45) is 51.8 Å². The maximum atomic E-state index is 10.2. The van der Waals surface area contributed by atoms with Gasteiger partial charge in [0.1, 0.15) is 0 Å². The van der Waals surface area contributed by atoms with Crippen molar-refractivity contribution in [1.29, 1.82) is 0 Å². The summed E-state index contributed by atoms with van der Waals surface area (Å²) in [5.74, 6) is 5.80. The Morgan fingerprint density at radius 3 is 2.10 bits per heavy atom. The molecule has 0 aromatic carbocycles. The van der Waals surface area contributed by atoms with Gasteiger partial charge in [0.2, 0.25) is 0 Å². The lowest BCUT2D eigenvalue weighted by Crippen LogP contribution is -2.57. The molecule has 1 heteroatoms. The van der Waals surface area contributed by atoms with Gasteiger partial charge in [0.25, 0.3) is 0 Å². The summed E-state index contributed by atoms with van der Waals surface area (Å²) in [6.45, 7) is 17.6. The summed E-state index contributed by atoms with van der Waals surface area (Å²) in [6, 6.07) is 0. The molecular weight excluding hydrogens is 376 g/mol. The third kappa shape index (κ3) is 4.20. The van der Waals surface area contributed by atoms with Crippen LogP contribution in [0.2, 0.25) is 0 Å². The molecule has 1 nitrogen and oxygen atoms in total. The van der Waals surface area contributed by atoms with Gasteiger partial charge in [-0.3, -0.25) is 0 Å². The summed E-state index contributed by atoms with van der Waals surface area (Å²) in [5.41, 5.74) is 1.53. The van der Waals surface area contributed by atoms with Crippen LogP contribution >= 0.6 is 0 Å². The van der Waals surface area contributed by atoms with Gasteiger partial charge in [-0.1, -0.05) is 53.5 Å². The van der Waals surface area contributed by atoms with E-state index in [1.165, 1.54) is 77.0 Å². The monoisotopic (exact) mass is 430 g/mol. The molecule has 0 bridgehead atoms. The molecule has 0 aliphatic heterocycles. The number of hydrogen-bond donors (Lipinski definition) is 1. The Balaban J connectivity index is 0.000000504. The van der Waals surface area contributed by atoms with Gasteiger partial charge in [-0.25, -0.2) is 0 Å². The van der Waals surface area contributed by atoms with Crippen LogP contribution in [0.5, 0.6) is 0 Å². The largest absolute Gasteiger partial charge is 0.396 e. The van der Waals surface area contributed by atoms with E-state index in [1.54, 1.807) is 6.08 Å². The third-order valence-corrected chi connectivity index (χ3v) is 11.1. The van der Waals surface area contributed by atoms with Gasteiger partial charge in [-0.15, -0.1) is 6.58 Å². The molecule has 5 fully saturated rings. The Hall–Kier alpha value is -0.300. The van der Waals surface area contributed by atoms with E-state index in [4.69, 9.17) is 0 Å². The Morgan fingerprint density at radius 1 is 0.774 bits per heavy atom. The molecule has 0 aromatic rings. The van der Waals surface area contributed by atoms with E-state index >= 15 is 0 Å². The molecule has 8 unspecified atom stereocenters. The van der Waals surface area contributed by atoms with Crippen molar-refractivity contribution in [1.82, 2.24) is 0 Å². The van der Waals surface area contributed by atoms with Gasteiger partial charge < -0.3 is 5.11 Å². The normalized spacial score (nSPS) is 47.1. The molecule has 5 aliphatic carbocycles. The van der Waals surface area contributed by atoms with Gasteiger partial charge in [0.15, 0.2) is 0 Å². The predicted octanol–water partition coefficient (Wildman–Crippen LogP) is 8.66. The first-order chi connectivity index (χ1) is 14.8. The van der Waals surface area contributed by atoms with Crippen molar-refractivity contribution < 1.29 is 5.11 Å². The molecule has 180 valence electrons. The molecule has 0 heterocycles. The van der Waals surface area contributed by atoms with Crippen LogP contribution in [-0.2, 0) is 0 Å². The van der Waals surface area contributed by atoms with Crippen LogP contribution in [0.3, 0.4) is 0 Å². The zero-order valence-corrected chi connectivity index (χ0v) is 21.9. The van der Waals surface area contributed by atoms with Crippen molar-refractivity contribution in [3.05, 3.63) is 12.7 Å². The first-order valence-electron chi connectivity index (χ1n) is 14.0. The minimum Gasteiger partial charge on any atom is -0.396 e. The minimum atomic E-state index is 0.335. The highest BCUT2D eigenvalue weighted by atomic mass is 16.3. The van der Waals surface area contributed by atoms with Gasteiger partial charge in [0, 0.05) is 6.61 Å². The highest BCUT2D eigenvalue weighted by Crippen LogP contribution is 2.68. The van der Waals surface area contributed by atoms with E-state index in [2.05, 4.69) is 27.4 Å². The number of hydrogen-bond acceptors (Lipinski definition) is 1.